The highest BCUT2D eigenvalue weighted by molar-refractivity contribution is 4.92. The quantitative estimate of drug-likeness (QED) is 0.520. The molecule has 9 heavy (non-hydrogen) atoms. The second-order valence-corrected chi connectivity index (χ2v) is 2.77. The van der Waals surface area contributed by atoms with Crippen molar-refractivity contribution in [3.05, 3.63) is 0 Å². The molecule has 0 aromatic carbocycles. The number of hydrogen-bond acceptors (Lipinski definition) is 2. The highest BCUT2D eigenvalue weighted by Crippen LogP contribution is 2.11. The lowest BCUT2D eigenvalue weighted by atomic mass is 9.97. The zero-order chi connectivity index (χ0) is 6.69. The van der Waals surface area contributed by atoms with E-state index in [0.717, 1.165) is 18.9 Å². The lowest BCUT2D eigenvalue weighted by molar-refractivity contribution is 0.366. The maximum atomic E-state index is 8.46. The predicted octanol–water partition coefficient (Wildman–Crippen LogP) is 0.898. The Kier molecular flexibility index (Phi) is 2.07. The second-order valence-electron chi connectivity index (χ2n) is 2.77. The van der Waals surface area contributed by atoms with Crippen molar-refractivity contribution in [2.75, 3.05) is 6.54 Å². The van der Waals surface area contributed by atoms with Gasteiger partial charge in [-0.3, -0.25) is 0 Å². The van der Waals surface area contributed by atoms with Crippen LogP contribution in [0, 0.1) is 17.2 Å². The van der Waals surface area contributed by atoms with E-state index >= 15 is 0 Å². The fourth-order valence-corrected chi connectivity index (χ4v) is 1.11. The van der Waals surface area contributed by atoms with Crippen molar-refractivity contribution in [2.45, 2.75) is 25.8 Å². The Morgan fingerprint density at radius 3 is 2.78 bits per heavy atom. The summed E-state index contributed by atoms with van der Waals surface area (Å²) in [6.45, 7) is 3.22. The van der Waals surface area contributed by atoms with Crippen molar-refractivity contribution in [3.63, 3.8) is 0 Å². The molecule has 1 fully saturated rings. The molecule has 0 radical (unpaired) electrons. The minimum absolute atomic E-state index is 0.126. The van der Waals surface area contributed by atoms with Gasteiger partial charge in [0.05, 0.1) is 12.1 Å². The normalized spacial score (nSPS) is 35.6. The summed E-state index contributed by atoms with van der Waals surface area (Å²) in [5.41, 5.74) is 0. The summed E-state index contributed by atoms with van der Waals surface area (Å²) in [7, 11) is 0. The molecule has 1 heterocycles. The predicted molar refractivity (Wildman–Crippen MR) is 35.8 cm³/mol. The SMILES string of the molecule is C[C@@H]1CC[C@@H](C#N)NC1. The summed E-state index contributed by atoms with van der Waals surface area (Å²) >= 11 is 0. The van der Waals surface area contributed by atoms with Gasteiger partial charge in [-0.1, -0.05) is 6.92 Å². The zero-order valence-corrected chi connectivity index (χ0v) is 5.72. The van der Waals surface area contributed by atoms with Crippen LogP contribution < -0.4 is 5.32 Å². The van der Waals surface area contributed by atoms with Gasteiger partial charge >= 0.3 is 0 Å². The Morgan fingerprint density at radius 2 is 2.33 bits per heavy atom. The van der Waals surface area contributed by atoms with Crippen LogP contribution in [-0.4, -0.2) is 12.6 Å². The maximum absolute atomic E-state index is 8.46. The summed E-state index contributed by atoms with van der Waals surface area (Å²) < 4.78 is 0. The molecule has 0 amide bonds. The Hall–Kier alpha value is -0.550. The first-order valence-corrected chi connectivity index (χ1v) is 3.46. The number of hydrogen-bond donors (Lipinski definition) is 1. The van der Waals surface area contributed by atoms with Crippen LogP contribution in [0.3, 0.4) is 0 Å². The third kappa shape index (κ3) is 1.69. The molecule has 0 saturated carbocycles. The third-order valence-electron chi connectivity index (χ3n) is 1.82. The van der Waals surface area contributed by atoms with Crippen LogP contribution in [0.1, 0.15) is 19.8 Å². The number of nitriles is 1. The molecule has 0 aromatic heterocycles. The van der Waals surface area contributed by atoms with Crippen molar-refractivity contribution in [1.29, 1.82) is 5.26 Å². The highest BCUT2D eigenvalue weighted by atomic mass is 14.9. The van der Waals surface area contributed by atoms with Crippen LogP contribution in [0.2, 0.25) is 0 Å². The summed E-state index contributed by atoms with van der Waals surface area (Å²) in [5.74, 6) is 0.759. The minimum Gasteiger partial charge on any atom is -0.302 e. The van der Waals surface area contributed by atoms with E-state index in [2.05, 4.69) is 18.3 Å². The van der Waals surface area contributed by atoms with Crippen LogP contribution >= 0.6 is 0 Å². The average molecular weight is 124 g/mol. The Labute approximate surface area is 55.9 Å². The first-order valence-electron chi connectivity index (χ1n) is 3.46. The standard InChI is InChI=1S/C7H12N2/c1-6-2-3-7(4-8)9-5-6/h6-7,9H,2-3,5H2,1H3/t6-,7+/m1/s1. The van der Waals surface area contributed by atoms with Crippen molar-refractivity contribution in [3.8, 4) is 6.07 Å². The van der Waals surface area contributed by atoms with Gasteiger partial charge in [-0.25, -0.2) is 0 Å². The largest absolute Gasteiger partial charge is 0.302 e. The van der Waals surface area contributed by atoms with Gasteiger partial charge in [0.2, 0.25) is 0 Å². The fraction of sp³-hybridized carbons (Fsp3) is 0.857. The molecular weight excluding hydrogens is 112 g/mol. The van der Waals surface area contributed by atoms with Gasteiger partial charge < -0.3 is 5.32 Å². The topological polar surface area (TPSA) is 35.8 Å². The summed E-state index contributed by atoms with van der Waals surface area (Å²) in [5, 5.41) is 11.6. The molecule has 0 aliphatic carbocycles. The molecule has 0 bridgehead atoms. The lowest BCUT2D eigenvalue weighted by Crippen LogP contribution is -2.36. The van der Waals surface area contributed by atoms with Crippen molar-refractivity contribution >= 4 is 0 Å². The number of rotatable bonds is 0. The molecule has 0 aromatic rings. The van der Waals surface area contributed by atoms with Gasteiger partial charge in [0.15, 0.2) is 0 Å². The molecule has 1 saturated heterocycles. The van der Waals surface area contributed by atoms with Gasteiger partial charge in [0.1, 0.15) is 0 Å². The molecule has 1 aliphatic heterocycles. The van der Waals surface area contributed by atoms with E-state index < -0.39 is 0 Å². The number of nitrogens with zero attached hydrogens (tertiary/aromatic N) is 1. The molecule has 2 heteroatoms. The molecule has 0 unspecified atom stereocenters. The summed E-state index contributed by atoms with van der Waals surface area (Å²) in [6.07, 6.45) is 2.23. The van der Waals surface area contributed by atoms with Crippen molar-refractivity contribution in [2.24, 2.45) is 5.92 Å². The van der Waals surface area contributed by atoms with Crippen LogP contribution in [0.15, 0.2) is 0 Å². The average Bonchev–Trinajstić information content (AvgIpc) is 1.90. The van der Waals surface area contributed by atoms with Crippen LogP contribution in [0.5, 0.6) is 0 Å². The van der Waals surface area contributed by atoms with Crippen molar-refractivity contribution < 1.29 is 0 Å². The molecule has 2 atom stereocenters. The minimum atomic E-state index is 0.126. The van der Waals surface area contributed by atoms with Crippen LogP contribution in [0.25, 0.3) is 0 Å². The fourth-order valence-electron chi connectivity index (χ4n) is 1.11. The van der Waals surface area contributed by atoms with E-state index in [-0.39, 0.29) is 6.04 Å². The van der Waals surface area contributed by atoms with Gasteiger partial charge in [0, 0.05) is 0 Å². The van der Waals surface area contributed by atoms with E-state index in [1.807, 2.05) is 0 Å². The van der Waals surface area contributed by atoms with Crippen LogP contribution in [-0.2, 0) is 0 Å². The Bertz CT molecular complexity index is 117. The van der Waals surface area contributed by atoms with Gasteiger partial charge in [-0.05, 0) is 25.3 Å². The maximum Gasteiger partial charge on any atom is 0.0953 e. The zero-order valence-electron chi connectivity index (χ0n) is 5.72. The van der Waals surface area contributed by atoms with Crippen LogP contribution in [0.4, 0.5) is 0 Å². The second kappa shape index (κ2) is 2.84. The Morgan fingerprint density at radius 1 is 1.56 bits per heavy atom. The first-order chi connectivity index (χ1) is 4.33. The smallest absolute Gasteiger partial charge is 0.0953 e. The first kappa shape index (κ1) is 6.57. The lowest BCUT2D eigenvalue weighted by Gasteiger charge is -2.22. The molecule has 0 spiro atoms. The highest BCUT2D eigenvalue weighted by Gasteiger charge is 2.15. The van der Waals surface area contributed by atoms with Gasteiger partial charge in [-0.2, -0.15) is 5.26 Å². The van der Waals surface area contributed by atoms with E-state index in [1.165, 1.54) is 6.42 Å². The van der Waals surface area contributed by atoms with E-state index in [1.54, 1.807) is 0 Å². The summed E-state index contributed by atoms with van der Waals surface area (Å²) in [4.78, 5) is 0. The summed E-state index contributed by atoms with van der Waals surface area (Å²) in [6, 6.07) is 2.34. The van der Waals surface area contributed by atoms with Gasteiger partial charge in [-0.15, -0.1) is 0 Å². The van der Waals surface area contributed by atoms with Gasteiger partial charge in [0.25, 0.3) is 0 Å². The molecule has 2 nitrogen and oxygen atoms in total. The van der Waals surface area contributed by atoms with E-state index in [9.17, 15) is 0 Å². The molecule has 50 valence electrons. The van der Waals surface area contributed by atoms with Crippen molar-refractivity contribution in [1.82, 2.24) is 5.32 Å². The molecule has 1 rings (SSSR count). The molecule has 1 aliphatic rings. The number of nitrogens with one attached hydrogen (secondary N) is 1. The third-order valence-corrected chi connectivity index (χ3v) is 1.82. The molecule has 1 N–H and O–H groups in total. The monoisotopic (exact) mass is 124 g/mol. The van der Waals surface area contributed by atoms with E-state index in [4.69, 9.17) is 5.26 Å². The molecular formula is C7H12N2. The van der Waals surface area contributed by atoms with E-state index in [0.29, 0.717) is 0 Å². The number of piperidine rings is 1. The Balaban J connectivity index is 2.28.